The van der Waals surface area contributed by atoms with Crippen LogP contribution in [0, 0.1) is 12.3 Å². The van der Waals surface area contributed by atoms with Gasteiger partial charge < -0.3 is 69.8 Å². The molecule has 2 rings (SSSR count). The minimum atomic E-state index is -4.64. The highest BCUT2D eigenvalue weighted by Crippen LogP contribution is 2.30. The van der Waals surface area contributed by atoms with Gasteiger partial charge in [-0.3, -0.25) is 9.36 Å². The molecule has 1 amide bonds. The van der Waals surface area contributed by atoms with Crippen LogP contribution in [0.15, 0.2) is 6.33 Å². The first kappa shape index (κ1) is 34.6. The summed E-state index contributed by atoms with van der Waals surface area (Å²) in [5.41, 5.74) is 5.03. The standard InChI is InChI=1S/C11H13N3O5.3H3O4P/c1-2-5-7(10(12)18)13-4-14(5)11-9(17)8(16)6(3-15)19-11;3*1-5(2,3)4/h1,4,6,8-9,11,15-17H,3H2,(H2,12,18);3*(H3,1,2,3,4)/t6-,8-,9-,11-;;;/m1.../s1. The van der Waals surface area contributed by atoms with Gasteiger partial charge in [-0.15, -0.1) is 6.42 Å². The molecule has 198 valence electrons. The molecule has 23 heteroatoms. The number of nitrogens with zero attached hydrogens (tertiary/aromatic N) is 2. The summed E-state index contributed by atoms with van der Waals surface area (Å²) in [5, 5.41) is 28.5. The number of carbonyl (C=O) groups is 1. The van der Waals surface area contributed by atoms with Crippen LogP contribution >= 0.6 is 23.5 Å². The van der Waals surface area contributed by atoms with Gasteiger partial charge in [-0.25, -0.2) is 18.7 Å². The number of amides is 1. The number of terminal acetylenes is 1. The van der Waals surface area contributed by atoms with Crippen molar-refractivity contribution in [2.75, 3.05) is 6.61 Å². The van der Waals surface area contributed by atoms with E-state index < -0.39 is 60.5 Å². The van der Waals surface area contributed by atoms with Crippen LogP contribution in [-0.4, -0.2) is 99.7 Å². The van der Waals surface area contributed by atoms with E-state index in [1.807, 2.05) is 0 Å². The van der Waals surface area contributed by atoms with E-state index in [-0.39, 0.29) is 11.4 Å². The molecule has 0 radical (unpaired) electrons. The molecule has 1 aromatic heterocycles. The highest BCUT2D eigenvalue weighted by Gasteiger charge is 2.44. The Morgan fingerprint density at radius 1 is 1.00 bits per heavy atom. The summed E-state index contributed by atoms with van der Waals surface area (Å²) in [5.74, 6) is 1.43. The van der Waals surface area contributed by atoms with Crippen molar-refractivity contribution >= 4 is 29.4 Å². The summed E-state index contributed by atoms with van der Waals surface area (Å²) in [6.45, 7) is -0.461. The number of phosphoric acid groups is 3. The SMILES string of the molecule is C#Cc1c(C(N)=O)ncn1[C@@H]1O[C@H](CO)[C@@H](O)[C@H]1O.O=P(O)(O)O.O=P(O)(O)O.O=P(O)(O)O. The highest BCUT2D eigenvalue weighted by atomic mass is 31.2. The van der Waals surface area contributed by atoms with Crippen LogP contribution in [-0.2, 0) is 18.4 Å². The first-order chi connectivity index (χ1) is 15.0. The lowest BCUT2D eigenvalue weighted by atomic mass is 10.1. The van der Waals surface area contributed by atoms with Gasteiger partial charge in [0.25, 0.3) is 5.91 Å². The fourth-order valence-corrected chi connectivity index (χ4v) is 1.99. The Labute approximate surface area is 189 Å². The number of aliphatic hydroxyl groups is 3. The lowest BCUT2D eigenvalue weighted by molar-refractivity contribution is -0.0531. The van der Waals surface area contributed by atoms with Crippen LogP contribution in [0.3, 0.4) is 0 Å². The predicted molar refractivity (Wildman–Crippen MR) is 104 cm³/mol. The van der Waals surface area contributed by atoms with Crippen molar-refractivity contribution in [3.05, 3.63) is 17.7 Å². The van der Waals surface area contributed by atoms with Gasteiger partial charge in [-0.1, -0.05) is 0 Å². The molecule has 1 fully saturated rings. The summed E-state index contributed by atoms with van der Waals surface area (Å²) in [6.07, 6.45) is 1.92. The zero-order valence-electron chi connectivity index (χ0n) is 16.4. The van der Waals surface area contributed by atoms with Gasteiger partial charge in [-0.2, -0.15) is 0 Å². The van der Waals surface area contributed by atoms with E-state index in [0.29, 0.717) is 0 Å². The second-order valence-corrected chi connectivity index (χ2v) is 8.71. The Kier molecular flexibility index (Phi) is 14.3. The van der Waals surface area contributed by atoms with Gasteiger partial charge in [0.05, 0.1) is 12.9 Å². The molecule has 34 heavy (non-hydrogen) atoms. The van der Waals surface area contributed by atoms with Crippen molar-refractivity contribution in [2.45, 2.75) is 24.5 Å². The molecule has 0 aromatic carbocycles. The molecular formula is C11H22N3O17P3. The molecular weight excluding hydrogens is 539 g/mol. The van der Waals surface area contributed by atoms with Crippen LogP contribution < -0.4 is 5.73 Å². The molecule has 0 bridgehead atoms. The fraction of sp³-hybridized carbons (Fsp3) is 0.455. The van der Waals surface area contributed by atoms with Crippen molar-refractivity contribution in [2.24, 2.45) is 5.73 Å². The number of hydrogen-bond acceptors (Lipinski definition) is 9. The molecule has 1 aromatic rings. The molecule has 1 saturated heterocycles. The van der Waals surface area contributed by atoms with E-state index in [9.17, 15) is 15.0 Å². The minimum absolute atomic E-state index is 0.0438. The third-order valence-corrected chi connectivity index (χ3v) is 2.96. The van der Waals surface area contributed by atoms with E-state index >= 15 is 0 Å². The van der Waals surface area contributed by atoms with Crippen molar-refractivity contribution < 1.29 is 82.6 Å². The Hall–Kier alpha value is -1.59. The van der Waals surface area contributed by atoms with Crippen LogP contribution in [0.25, 0.3) is 0 Å². The Morgan fingerprint density at radius 2 is 1.38 bits per heavy atom. The maximum Gasteiger partial charge on any atom is 0.466 e. The van der Waals surface area contributed by atoms with Crippen molar-refractivity contribution in [3.63, 3.8) is 0 Å². The van der Waals surface area contributed by atoms with Gasteiger partial charge in [0.2, 0.25) is 0 Å². The Bertz CT molecular complexity index is 901. The lowest BCUT2D eigenvalue weighted by Crippen LogP contribution is -2.33. The molecule has 1 aliphatic rings. The number of imidazole rings is 1. The van der Waals surface area contributed by atoms with Crippen molar-refractivity contribution in [1.29, 1.82) is 0 Å². The van der Waals surface area contributed by atoms with Crippen molar-refractivity contribution in [1.82, 2.24) is 9.55 Å². The third-order valence-electron chi connectivity index (χ3n) is 2.96. The lowest BCUT2D eigenvalue weighted by Gasteiger charge is -2.17. The van der Waals surface area contributed by atoms with Crippen LogP contribution in [0.2, 0.25) is 0 Å². The van der Waals surface area contributed by atoms with E-state index in [2.05, 4.69) is 10.9 Å². The third kappa shape index (κ3) is 16.9. The second-order valence-electron chi connectivity index (χ2n) is 5.63. The second kappa shape index (κ2) is 14.1. The average Bonchev–Trinajstić information content (AvgIpc) is 3.12. The van der Waals surface area contributed by atoms with Gasteiger partial charge in [-0.05, 0) is 5.92 Å². The highest BCUT2D eigenvalue weighted by molar-refractivity contribution is 7.45. The van der Waals surface area contributed by atoms with E-state index in [4.69, 9.17) is 79.7 Å². The summed E-state index contributed by atoms with van der Waals surface area (Å²) < 4.78 is 33.2. The fourth-order valence-electron chi connectivity index (χ4n) is 1.99. The Balaban J connectivity index is 0. The molecule has 1 aliphatic heterocycles. The van der Waals surface area contributed by atoms with Crippen molar-refractivity contribution in [3.8, 4) is 12.3 Å². The normalized spacial score (nSPS) is 22.1. The maximum atomic E-state index is 11.1. The zero-order chi connectivity index (χ0) is 27.7. The summed E-state index contributed by atoms with van der Waals surface area (Å²) in [4.78, 5) is 79.6. The number of carbonyl (C=O) groups excluding carboxylic acids is 1. The van der Waals surface area contributed by atoms with E-state index in [0.717, 1.165) is 0 Å². The number of hydrogen-bond donors (Lipinski definition) is 13. The topological polar surface area (TPSA) is 364 Å². The minimum Gasteiger partial charge on any atom is -0.394 e. The number of aromatic nitrogens is 2. The largest absolute Gasteiger partial charge is 0.466 e. The number of ether oxygens (including phenoxy) is 1. The quantitative estimate of drug-likeness (QED) is 0.121. The Morgan fingerprint density at radius 3 is 1.65 bits per heavy atom. The summed E-state index contributed by atoms with van der Waals surface area (Å²) in [7, 11) is -13.9. The van der Waals surface area contributed by atoms with E-state index in [1.165, 1.54) is 10.9 Å². The molecule has 0 unspecified atom stereocenters. The van der Waals surface area contributed by atoms with Crippen LogP contribution in [0.5, 0.6) is 0 Å². The predicted octanol–water partition coefficient (Wildman–Crippen LogP) is -5.21. The first-order valence-corrected chi connectivity index (χ1v) is 12.5. The molecule has 20 nitrogen and oxygen atoms in total. The van der Waals surface area contributed by atoms with Crippen LogP contribution in [0.4, 0.5) is 0 Å². The molecule has 14 N–H and O–H groups in total. The smallest absolute Gasteiger partial charge is 0.394 e. The van der Waals surface area contributed by atoms with Gasteiger partial charge >= 0.3 is 23.5 Å². The molecule has 2 heterocycles. The summed E-state index contributed by atoms with van der Waals surface area (Å²) >= 11 is 0. The van der Waals surface area contributed by atoms with Gasteiger partial charge in [0.15, 0.2) is 11.9 Å². The van der Waals surface area contributed by atoms with Gasteiger partial charge in [0, 0.05) is 0 Å². The number of nitrogens with two attached hydrogens (primary N) is 1. The average molecular weight is 561 g/mol. The number of aliphatic hydroxyl groups excluding tert-OH is 3. The number of primary amides is 1. The number of rotatable bonds is 3. The molecule has 0 spiro atoms. The van der Waals surface area contributed by atoms with E-state index in [1.54, 1.807) is 0 Å². The van der Waals surface area contributed by atoms with Gasteiger partial charge in [0.1, 0.15) is 24.0 Å². The molecule has 4 atom stereocenters. The monoisotopic (exact) mass is 561 g/mol. The molecule has 0 saturated carbocycles. The maximum absolute atomic E-state index is 11.1. The van der Waals surface area contributed by atoms with Crippen LogP contribution in [0.1, 0.15) is 22.4 Å². The molecule has 0 aliphatic carbocycles. The zero-order valence-corrected chi connectivity index (χ0v) is 19.1. The summed E-state index contributed by atoms with van der Waals surface area (Å²) in [6, 6.07) is 0. The first-order valence-electron chi connectivity index (χ1n) is 7.81.